The van der Waals surface area contributed by atoms with E-state index in [4.69, 9.17) is 4.42 Å². The number of carbonyl (C=O) groups excluding carboxylic acids is 3. The topological polar surface area (TPSA) is 121 Å². The van der Waals surface area contributed by atoms with Crippen molar-refractivity contribution in [2.45, 2.75) is 5.22 Å². The molecule has 9 nitrogen and oxygen atoms in total. The van der Waals surface area contributed by atoms with Gasteiger partial charge in [0.2, 0.25) is 11.8 Å². The van der Waals surface area contributed by atoms with Crippen molar-refractivity contribution in [3.8, 4) is 11.5 Å². The van der Waals surface area contributed by atoms with Crippen LogP contribution in [0.2, 0.25) is 0 Å². The summed E-state index contributed by atoms with van der Waals surface area (Å²) in [4.78, 5) is 36.0. The lowest BCUT2D eigenvalue weighted by atomic mass is 10.1. The van der Waals surface area contributed by atoms with Crippen LogP contribution < -0.4 is 5.32 Å². The van der Waals surface area contributed by atoms with Gasteiger partial charge in [0.15, 0.2) is 0 Å². The number of hydrogen-bond acceptors (Lipinski definition) is 9. The highest BCUT2D eigenvalue weighted by Crippen LogP contribution is 2.29. The number of amides is 1. The van der Waals surface area contributed by atoms with Gasteiger partial charge in [-0.1, -0.05) is 23.9 Å². The summed E-state index contributed by atoms with van der Waals surface area (Å²) in [5.41, 5.74) is 1.18. The molecule has 0 radical (unpaired) electrons. The van der Waals surface area contributed by atoms with E-state index in [-0.39, 0.29) is 27.8 Å². The predicted octanol–water partition coefficient (Wildman–Crippen LogP) is 3.80. The number of benzene rings is 2. The van der Waals surface area contributed by atoms with Crippen LogP contribution in [-0.2, 0) is 14.3 Å². The number of nitrogens with one attached hydrogen (secondary N) is 1. The van der Waals surface area contributed by atoms with Crippen molar-refractivity contribution < 1.29 is 28.3 Å². The Labute approximate surface area is 189 Å². The van der Waals surface area contributed by atoms with Crippen molar-refractivity contribution in [1.29, 1.82) is 0 Å². The number of thioether (sulfide) groups is 1. The molecule has 0 saturated heterocycles. The second-order valence-electron chi connectivity index (χ2n) is 5.97. The molecule has 3 rings (SSSR count). The number of carbonyl (C=O) groups is 3. The molecule has 0 saturated carbocycles. The molecule has 1 amide bonds. The predicted molar refractivity (Wildman–Crippen MR) is 116 cm³/mol. The van der Waals surface area contributed by atoms with E-state index in [1.165, 1.54) is 32.4 Å². The molecule has 1 N–H and O–H groups in total. The van der Waals surface area contributed by atoms with Gasteiger partial charge in [0, 0.05) is 10.2 Å². The number of anilines is 1. The van der Waals surface area contributed by atoms with Crippen LogP contribution in [0.15, 0.2) is 56.6 Å². The molecule has 2 aromatic carbocycles. The van der Waals surface area contributed by atoms with Crippen LogP contribution in [0.1, 0.15) is 20.7 Å². The standard InChI is InChI=1S/C20H16BrN3O6S/c1-28-18(26)11-7-12(19(27)29-2)9-13(8-11)22-16(25)10-31-20-24-23-17(30-20)14-5-3-4-6-15(14)21/h3-9H,10H2,1-2H3,(H,22,25). The fourth-order valence-corrected chi connectivity index (χ4v) is 3.52. The Bertz CT molecular complexity index is 1100. The summed E-state index contributed by atoms with van der Waals surface area (Å²) < 4.78 is 15.8. The van der Waals surface area contributed by atoms with E-state index in [9.17, 15) is 14.4 Å². The molecule has 0 bridgehead atoms. The smallest absolute Gasteiger partial charge is 0.337 e. The third kappa shape index (κ3) is 5.70. The molecule has 0 spiro atoms. The minimum absolute atomic E-state index is 0.0341. The maximum absolute atomic E-state index is 12.4. The fourth-order valence-electron chi connectivity index (χ4n) is 2.51. The zero-order chi connectivity index (χ0) is 22.4. The molecule has 0 unspecified atom stereocenters. The second-order valence-corrected chi connectivity index (χ2v) is 7.75. The van der Waals surface area contributed by atoms with Crippen molar-refractivity contribution in [1.82, 2.24) is 10.2 Å². The van der Waals surface area contributed by atoms with Gasteiger partial charge >= 0.3 is 11.9 Å². The molecule has 160 valence electrons. The maximum Gasteiger partial charge on any atom is 0.337 e. The largest absolute Gasteiger partial charge is 0.465 e. The van der Waals surface area contributed by atoms with Gasteiger partial charge in [-0.25, -0.2) is 9.59 Å². The number of esters is 2. The van der Waals surface area contributed by atoms with Crippen molar-refractivity contribution in [3.05, 3.63) is 58.1 Å². The maximum atomic E-state index is 12.4. The van der Waals surface area contributed by atoms with Crippen LogP contribution >= 0.6 is 27.7 Å². The molecule has 0 atom stereocenters. The number of aromatic nitrogens is 2. The van der Waals surface area contributed by atoms with E-state index in [2.05, 4.69) is 40.9 Å². The third-order valence-corrected chi connectivity index (χ3v) is 5.41. The van der Waals surface area contributed by atoms with Crippen molar-refractivity contribution in [2.24, 2.45) is 0 Å². The monoisotopic (exact) mass is 505 g/mol. The van der Waals surface area contributed by atoms with E-state index in [0.717, 1.165) is 21.8 Å². The Morgan fingerprint density at radius 2 is 1.68 bits per heavy atom. The molecule has 31 heavy (non-hydrogen) atoms. The summed E-state index contributed by atoms with van der Waals surface area (Å²) in [6, 6.07) is 11.5. The average Bonchev–Trinajstić information content (AvgIpc) is 3.25. The number of ether oxygens (including phenoxy) is 2. The van der Waals surface area contributed by atoms with Gasteiger partial charge in [-0.2, -0.15) is 0 Å². The van der Waals surface area contributed by atoms with E-state index in [1.807, 2.05) is 24.3 Å². The highest BCUT2D eigenvalue weighted by atomic mass is 79.9. The van der Waals surface area contributed by atoms with Gasteiger partial charge in [0.25, 0.3) is 5.22 Å². The summed E-state index contributed by atoms with van der Waals surface area (Å²) in [7, 11) is 2.43. The lowest BCUT2D eigenvalue weighted by molar-refractivity contribution is -0.113. The van der Waals surface area contributed by atoms with E-state index in [1.54, 1.807) is 0 Å². The number of hydrogen-bond donors (Lipinski definition) is 1. The van der Waals surface area contributed by atoms with Crippen LogP contribution in [0.25, 0.3) is 11.5 Å². The highest BCUT2D eigenvalue weighted by Gasteiger charge is 2.16. The first-order chi connectivity index (χ1) is 14.9. The first-order valence-corrected chi connectivity index (χ1v) is 10.5. The fraction of sp³-hybridized carbons (Fsp3) is 0.150. The molecule has 1 heterocycles. The highest BCUT2D eigenvalue weighted by molar-refractivity contribution is 9.10. The molecule has 0 aliphatic carbocycles. The molecule has 11 heteroatoms. The van der Waals surface area contributed by atoms with Gasteiger partial charge in [-0.15, -0.1) is 10.2 Å². The number of methoxy groups -OCH3 is 2. The minimum Gasteiger partial charge on any atom is -0.465 e. The van der Waals surface area contributed by atoms with Gasteiger partial charge < -0.3 is 19.2 Å². The summed E-state index contributed by atoms with van der Waals surface area (Å²) >= 11 is 4.47. The normalized spacial score (nSPS) is 10.4. The van der Waals surface area contributed by atoms with E-state index in [0.29, 0.717) is 5.89 Å². The van der Waals surface area contributed by atoms with Crippen LogP contribution in [0.4, 0.5) is 5.69 Å². The molecule has 0 aliphatic rings. The Morgan fingerprint density at radius 1 is 1.03 bits per heavy atom. The quantitative estimate of drug-likeness (QED) is 0.377. The second kappa shape index (κ2) is 10.2. The van der Waals surface area contributed by atoms with Crippen LogP contribution in [-0.4, -0.2) is 48.0 Å². The van der Waals surface area contributed by atoms with E-state index >= 15 is 0 Å². The van der Waals surface area contributed by atoms with Gasteiger partial charge in [0.05, 0.1) is 36.7 Å². The zero-order valence-electron chi connectivity index (χ0n) is 16.4. The van der Waals surface area contributed by atoms with Gasteiger partial charge in [0.1, 0.15) is 0 Å². The van der Waals surface area contributed by atoms with Crippen LogP contribution in [0.3, 0.4) is 0 Å². The Balaban J connectivity index is 1.68. The minimum atomic E-state index is -0.652. The summed E-state index contributed by atoms with van der Waals surface area (Å²) in [5.74, 6) is -1.41. The van der Waals surface area contributed by atoms with Crippen LogP contribution in [0.5, 0.6) is 0 Å². The molecule has 1 aromatic heterocycles. The van der Waals surface area contributed by atoms with Crippen molar-refractivity contribution in [2.75, 3.05) is 25.3 Å². The summed E-state index contributed by atoms with van der Waals surface area (Å²) in [6.45, 7) is 0. The van der Waals surface area contributed by atoms with Crippen LogP contribution in [0, 0.1) is 0 Å². The molecule has 0 fully saturated rings. The molecule has 3 aromatic rings. The van der Waals surface area contributed by atoms with E-state index < -0.39 is 17.8 Å². The zero-order valence-corrected chi connectivity index (χ0v) is 18.8. The lowest BCUT2D eigenvalue weighted by Gasteiger charge is -2.09. The van der Waals surface area contributed by atoms with Gasteiger partial charge in [-0.3, -0.25) is 4.79 Å². The summed E-state index contributed by atoms with van der Waals surface area (Å²) in [5, 5.41) is 10.8. The third-order valence-electron chi connectivity index (χ3n) is 3.90. The summed E-state index contributed by atoms with van der Waals surface area (Å²) in [6.07, 6.45) is 0. The first-order valence-electron chi connectivity index (χ1n) is 8.74. The van der Waals surface area contributed by atoms with Crippen molar-refractivity contribution in [3.63, 3.8) is 0 Å². The lowest BCUT2D eigenvalue weighted by Crippen LogP contribution is -2.16. The Hall–Kier alpha value is -3.18. The number of rotatable bonds is 7. The number of nitrogens with zero attached hydrogens (tertiary/aromatic N) is 2. The van der Waals surface area contributed by atoms with Crippen molar-refractivity contribution >= 4 is 51.2 Å². The number of halogens is 1. The molecule has 0 aliphatic heterocycles. The molecular weight excluding hydrogens is 490 g/mol. The van der Waals surface area contributed by atoms with Gasteiger partial charge in [-0.05, 0) is 46.3 Å². The SMILES string of the molecule is COC(=O)c1cc(NC(=O)CSc2nnc(-c3ccccc3Br)o2)cc(C(=O)OC)c1. The Kier molecular flexibility index (Phi) is 7.42. The Morgan fingerprint density at radius 3 is 2.29 bits per heavy atom. The average molecular weight is 506 g/mol. The first kappa shape index (κ1) is 22.5. The molecular formula is C20H16BrN3O6S.